The van der Waals surface area contributed by atoms with Crippen molar-refractivity contribution in [2.24, 2.45) is 0 Å². The second-order valence-electron chi connectivity index (χ2n) is 4.97. The minimum Gasteiger partial charge on any atom is -0.480 e. The van der Waals surface area contributed by atoms with Crippen LogP contribution in [0.25, 0.3) is 0 Å². The summed E-state index contributed by atoms with van der Waals surface area (Å²) in [5, 5.41) is 12.4. The van der Waals surface area contributed by atoms with Gasteiger partial charge in [-0.3, -0.25) is 9.48 Å². The molecule has 2 heterocycles. The lowest BCUT2D eigenvalue weighted by Crippen LogP contribution is -2.43. The molecule has 1 aromatic rings. The molecule has 0 radical (unpaired) electrons. The summed E-state index contributed by atoms with van der Waals surface area (Å²) < 4.78 is 28.0. The Morgan fingerprint density at radius 2 is 2.15 bits per heavy atom. The van der Waals surface area contributed by atoms with E-state index in [0.717, 1.165) is 30.6 Å². The Morgan fingerprint density at radius 1 is 1.50 bits per heavy atom. The first-order valence-corrected chi connectivity index (χ1v) is 7.80. The van der Waals surface area contributed by atoms with Crippen LogP contribution in [0.5, 0.6) is 0 Å². The van der Waals surface area contributed by atoms with Gasteiger partial charge in [-0.15, -0.1) is 0 Å². The maximum absolute atomic E-state index is 12.2. The third kappa shape index (κ3) is 3.78. The van der Waals surface area contributed by atoms with E-state index in [1.54, 1.807) is 0 Å². The van der Waals surface area contributed by atoms with Crippen LogP contribution in [-0.4, -0.2) is 60.4 Å². The fourth-order valence-corrected chi connectivity index (χ4v) is 3.38. The van der Waals surface area contributed by atoms with Crippen LogP contribution in [0.2, 0.25) is 0 Å². The van der Waals surface area contributed by atoms with Gasteiger partial charge in [-0.05, 0) is 33.0 Å². The van der Waals surface area contributed by atoms with Gasteiger partial charge in [0.05, 0.1) is 6.20 Å². The predicted molar refractivity (Wildman–Crippen MR) is 70.7 cm³/mol. The summed E-state index contributed by atoms with van der Waals surface area (Å²) in [6, 6.07) is -0.0842. The predicted octanol–water partition coefficient (Wildman–Crippen LogP) is -0.660. The van der Waals surface area contributed by atoms with Crippen LogP contribution in [0.1, 0.15) is 12.8 Å². The third-order valence-corrected chi connectivity index (χ3v) is 4.73. The molecule has 1 saturated heterocycles. The quantitative estimate of drug-likeness (QED) is 0.748. The minimum atomic E-state index is -3.64. The van der Waals surface area contributed by atoms with Gasteiger partial charge in [0.25, 0.3) is 0 Å². The summed E-state index contributed by atoms with van der Waals surface area (Å²) in [5.74, 6) is -1.07. The Hall–Kier alpha value is -1.45. The van der Waals surface area contributed by atoms with Gasteiger partial charge in [0.15, 0.2) is 0 Å². The summed E-state index contributed by atoms with van der Waals surface area (Å²) >= 11 is 0. The molecule has 8 nitrogen and oxygen atoms in total. The van der Waals surface area contributed by atoms with E-state index in [4.69, 9.17) is 5.11 Å². The van der Waals surface area contributed by atoms with E-state index in [1.807, 2.05) is 7.05 Å². The van der Waals surface area contributed by atoms with Crippen LogP contribution in [0.3, 0.4) is 0 Å². The third-order valence-electron chi connectivity index (χ3n) is 3.26. The van der Waals surface area contributed by atoms with E-state index in [1.165, 1.54) is 12.4 Å². The van der Waals surface area contributed by atoms with E-state index in [9.17, 15) is 13.2 Å². The van der Waals surface area contributed by atoms with Crippen LogP contribution < -0.4 is 4.72 Å². The molecule has 1 aliphatic rings. The van der Waals surface area contributed by atoms with Gasteiger partial charge in [0.2, 0.25) is 10.0 Å². The molecule has 0 atom stereocenters. The van der Waals surface area contributed by atoms with E-state index >= 15 is 0 Å². The SMILES string of the molecule is CN1CCC(NS(=O)(=O)c2cnn(CC(=O)O)c2)CC1. The zero-order valence-corrected chi connectivity index (χ0v) is 12.0. The van der Waals surface area contributed by atoms with Gasteiger partial charge in [-0.1, -0.05) is 0 Å². The first-order valence-electron chi connectivity index (χ1n) is 6.32. The number of aromatic nitrogens is 2. The van der Waals surface area contributed by atoms with Gasteiger partial charge in [0, 0.05) is 12.2 Å². The number of rotatable bonds is 5. The van der Waals surface area contributed by atoms with Crippen molar-refractivity contribution >= 4 is 16.0 Å². The molecule has 1 aromatic heterocycles. The van der Waals surface area contributed by atoms with E-state index < -0.39 is 16.0 Å². The van der Waals surface area contributed by atoms with E-state index in [2.05, 4.69) is 14.7 Å². The number of nitrogens with one attached hydrogen (secondary N) is 1. The summed E-state index contributed by atoms with van der Waals surface area (Å²) in [6.45, 7) is 1.35. The summed E-state index contributed by atoms with van der Waals surface area (Å²) in [4.78, 5) is 12.7. The second kappa shape index (κ2) is 5.90. The fourth-order valence-electron chi connectivity index (χ4n) is 2.12. The van der Waals surface area contributed by atoms with Crippen molar-refractivity contribution < 1.29 is 18.3 Å². The topological polar surface area (TPSA) is 105 Å². The van der Waals surface area contributed by atoms with Crippen molar-refractivity contribution in [1.29, 1.82) is 0 Å². The molecule has 0 saturated carbocycles. The number of piperidine rings is 1. The molecule has 1 fully saturated rings. The van der Waals surface area contributed by atoms with Crippen LogP contribution in [-0.2, 0) is 21.4 Å². The summed E-state index contributed by atoms with van der Waals surface area (Å²) in [7, 11) is -1.64. The summed E-state index contributed by atoms with van der Waals surface area (Å²) in [5.41, 5.74) is 0. The van der Waals surface area contributed by atoms with Gasteiger partial charge in [-0.2, -0.15) is 5.10 Å². The fraction of sp³-hybridized carbons (Fsp3) is 0.636. The maximum Gasteiger partial charge on any atom is 0.325 e. The molecule has 2 rings (SSSR count). The number of carboxylic acids is 1. The molecule has 0 spiro atoms. The van der Waals surface area contributed by atoms with Crippen molar-refractivity contribution in [3.8, 4) is 0 Å². The number of carboxylic acid groups (broad SMARTS) is 1. The summed E-state index contributed by atoms with van der Waals surface area (Å²) in [6.07, 6.45) is 3.92. The molecule has 0 aromatic carbocycles. The van der Waals surface area contributed by atoms with E-state index in [-0.39, 0.29) is 17.5 Å². The number of hydrogen-bond acceptors (Lipinski definition) is 5. The lowest BCUT2D eigenvalue weighted by molar-refractivity contribution is -0.137. The van der Waals surface area contributed by atoms with Gasteiger partial charge in [-0.25, -0.2) is 13.1 Å². The molecule has 1 aliphatic heterocycles. The van der Waals surface area contributed by atoms with Crippen LogP contribution in [0.4, 0.5) is 0 Å². The Balaban J connectivity index is 2.02. The molecule has 0 amide bonds. The largest absolute Gasteiger partial charge is 0.480 e. The molecule has 2 N–H and O–H groups in total. The van der Waals surface area contributed by atoms with Crippen molar-refractivity contribution in [1.82, 2.24) is 19.4 Å². The monoisotopic (exact) mass is 302 g/mol. The minimum absolute atomic E-state index is 0.00215. The highest BCUT2D eigenvalue weighted by Crippen LogP contribution is 2.13. The van der Waals surface area contributed by atoms with Crippen molar-refractivity contribution in [2.75, 3.05) is 20.1 Å². The second-order valence-corrected chi connectivity index (χ2v) is 6.68. The molecule has 112 valence electrons. The number of hydrogen-bond donors (Lipinski definition) is 2. The maximum atomic E-state index is 12.2. The average Bonchev–Trinajstić information content (AvgIpc) is 2.80. The Labute approximate surface area is 117 Å². The number of likely N-dealkylation sites (tertiary alicyclic amines) is 1. The number of carbonyl (C=O) groups is 1. The molecule has 0 bridgehead atoms. The van der Waals surface area contributed by atoms with E-state index in [0.29, 0.717) is 0 Å². The van der Waals surface area contributed by atoms with Crippen LogP contribution >= 0.6 is 0 Å². The Bertz CT molecular complexity index is 575. The molecular formula is C11H18N4O4S. The highest BCUT2D eigenvalue weighted by atomic mass is 32.2. The van der Waals surface area contributed by atoms with Crippen molar-refractivity contribution in [3.05, 3.63) is 12.4 Å². The highest BCUT2D eigenvalue weighted by molar-refractivity contribution is 7.89. The Morgan fingerprint density at radius 3 is 2.75 bits per heavy atom. The molecule has 0 unspecified atom stereocenters. The smallest absolute Gasteiger partial charge is 0.325 e. The normalized spacial score (nSPS) is 18.2. The number of nitrogens with zero attached hydrogens (tertiary/aromatic N) is 3. The Kier molecular flexibility index (Phi) is 4.41. The zero-order valence-electron chi connectivity index (χ0n) is 11.2. The molecular weight excluding hydrogens is 284 g/mol. The van der Waals surface area contributed by atoms with Crippen molar-refractivity contribution in [2.45, 2.75) is 30.3 Å². The first-order chi connectivity index (χ1) is 9.37. The van der Waals surface area contributed by atoms with Crippen LogP contribution in [0, 0.1) is 0 Å². The van der Waals surface area contributed by atoms with Gasteiger partial charge in [0.1, 0.15) is 11.4 Å². The molecule has 20 heavy (non-hydrogen) atoms. The molecule has 9 heteroatoms. The standard InChI is InChI=1S/C11H18N4O4S/c1-14-4-2-9(3-5-14)13-20(18,19)10-6-12-15(7-10)8-11(16)17/h6-7,9,13H,2-5,8H2,1H3,(H,16,17). The first kappa shape index (κ1) is 14.9. The number of sulfonamides is 1. The lowest BCUT2D eigenvalue weighted by Gasteiger charge is -2.29. The number of aliphatic carboxylic acids is 1. The van der Waals surface area contributed by atoms with Crippen LogP contribution in [0.15, 0.2) is 17.3 Å². The highest BCUT2D eigenvalue weighted by Gasteiger charge is 2.24. The zero-order chi connectivity index (χ0) is 14.8. The van der Waals surface area contributed by atoms with Gasteiger partial charge >= 0.3 is 5.97 Å². The lowest BCUT2D eigenvalue weighted by atomic mass is 10.1. The average molecular weight is 302 g/mol. The molecule has 0 aliphatic carbocycles. The van der Waals surface area contributed by atoms with Gasteiger partial charge < -0.3 is 10.0 Å². The van der Waals surface area contributed by atoms with Crippen molar-refractivity contribution in [3.63, 3.8) is 0 Å².